The molecule has 0 aromatic heterocycles. The Morgan fingerprint density at radius 1 is 0.750 bits per heavy atom. The first kappa shape index (κ1) is 13.6. The first-order valence-corrected chi connectivity index (χ1v) is 9.39. The van der Waals surface area contributed by atoms with E-state index >= 15 is 0 Å². The normalized spacial score (nSPS) is 58.6. The van der Waals surface area contributed by atoms with Crippen molar-refractivity contribution in [1.29, 1.82) is 0 Å². The van der Waals surface area contributed by atoms with Gasteiger partial charge in [-0.25, -0.2) is 0 Å². The molecule has 0 saturated heterocycles. The molecule has 0 aromatic rings. The second-order valence-corrected chi connectivity index (χ2v) is 9.22. The van der Waals surface area contributed by atoms with Gasteiger partial charge in [-0.15, -0.1) is 0 Å². The van der Waals surface area contributed by atoms with Gasteiger partial charge in [0.1, 0.15) is 0 Å². The van der Waals surface area contributed by atoms with Crippen molar-refractivity contribution in [2.75, 3.05) is 0 Å². The van der Waals surface area contributed by atoms with E-state index < -0.39 is 0 Å². The minimum absolute atomic E-state index is 0.596. The van der Waals surface area contributed by atoms with Gasteiger partial charge < -0.3 is 5.73 Å². The average Bonchev–Trinajstić information content (AvgIpc) is 2.74. The lowest BCUT2D eigenvalue weighted by Crippen LogP contribution is -2.68. The molecule has 0 aromatic carbocycles. The van der Waals surface area contributed by atoms with Gasteiger partial charge in [0.2, 0.25) is 0 Å². The average molecular weight is 276 g/mol. The van der Waals surface area contributed by atoms with Gasteiger partial charge in [0.05, 0.1) is 6.04 Å². The zero-order valence-corrected chi connectivity index (χ0v) is 13.7. The summed E-state index contributed by atoms with van der Waals surface area (Å²) >= 11 is 0. The standard InChI is InChI=1S/C19H33N/c1-18-11-4-3-5-13(18)6-7-14-15-8-9-17(20)19(15,2)12-10-16(14)18/h13-17H,3-12,20H2,1-2H3/p+1/t13-,14-,15+,16-,17-,18-,19-/m0/s1. The van der Waals surface area contributed by atoms with E-state index in [0.717, 1.165) is 29.7 Å². The maximum atomic E-state index is 4.53. The third-order valence-electron chi connectivity index (χ3n) is 8.78. The van der Waals surface area contributed by atoms with Crippen molar-refractivity contribution in [3.05, 3.63) is 0 Å². The SMILES string of the molecule is C[C@]12CC[C@H]3[C@@H](CC[C@@H]4CCCC[C@@]43C)[C@H]1CC[C@@H]2[NH3+]. The predicted octanol–water partition coefficient (Wildman–Crippen LogP) is 4.03. The third-order valence-corrected chi connectivity index (χ3v) is 8.78. The first-order chi connectivity index (χ1) is 9.56. The van der Waals surface area contributed by atoms with Crippen LogP contribution in [-0.2, 0) is 0 Å². The summed E-state index contributed by atoms with van der Waals surface area (Å²) in [6, 6.07) is 0.741. The van der Waals surface area contributed by atoms with E-state index in [-0.39, 0.29) is 0 Å². The maximum absolute atomic E-state index is 4.53. The van der Waals surface area contributed by atoms with E-state index in [1.807, 2.05) is 0 Å². The van der Waals surface area contributed by atoms with Crippen molar-refractivity contribution in [3.63, 3.8) is 0 Å². The molecule has 4 rings (SSSR count). The Labute approximate surface area is 125 Å². The van der Waals surface area contributed by atoms with E-state index in [2.05, 4.69) is 19.6 Å². The highest BCUT2D eigenvalue weighted by Gasteiger charge is 2.60. The molecule has 0 spiro atoms. The molecule has 1 nitrogen and oxygen atoms in total. The highest BCUT2D eigenvalue weighted by molar-refractivity contribution is 5.08. The van der Waals surface area contributed by atoms with Gasteiger partial charge in [-0.05, 0) is 74.0 Å². The lowest BCUT2D eigenvalue weighted by Gasteiger charge is -2.60. The molecule has 114 valence electrons. The van der Waals surface area contributed by atoms with Crippen molar-refractivity contribution in [2.45, 2.75) is 84.1 Å². The molecule has 4 fully saturated rings. The molecule has 0 bridgehead atoms. The van der Waals surface area contributed by atoms with Gasteiger partial charge in [-0.1, -0.05) is 26.7 Å². The van der Waals surface area contributed by atoms with Crippen molar-refractivity contribution >= 4 is 0 Å². The molecule has 0 amide bonds. The molecule has 7 atom stereocenters. The summed E-state index contributed by atoms with van der Waals surface area (Å²) in [5.74, 6) is 4.20. The second-order valence-electron chi connectivity index (χ2n) is 9.22. The van der Waals surface area contributed by atoms with Gasteiger partial charge in [0.25, 0.3) is 0 Å². The van der Waals surface area contributed by atoms with Crippen LogP contribution in [-0.4, -0.2) is 6.04 Å². The summed E-state index contributed by atoms with van der Waals surface area (Å²) in [6.07, 6.45) is 15.1. The van der Waals surface area contributed by atoms with Crippen LogP contribution in [0.2, 0.25) is 0 Å². The Hall–Kier alpha value is -0.0400. The van der Waals surface area contributed by atoms with Crippen molar-refractivity contribution in [1.82, 2.24) is 0 Å². The van der Waals surface area contributed by atoms with Gasteiger partial charge in [-0.3, -0.25) is 0 Å². The number of rotatable bonds is 0. The van der Waals surface area contributed by atoms with Crippen molar-refractivity contribution in [2.24, 2.45) is 34.5 Å². The molecule has 0 radical (unpaired) electrons. The molecule has 20 heavy (non-hydrogen) atoms. The summed E-state index contributed by atoms with van der Waals surface area (Å²) < 4.78 is 0. The number of fused-ring (bicyclic) bond motifs is 5. The fraction of sp³-hybridized carbons (Fsp3) is 1.00. The summed E-state index contributed by atoms with van der Waals surface area (Å²) in [7, 11) is 0. The molecule has 4 saturated carbocycles. The second kappa shape index (κ2) is 4.48. The molecular formula is C19H34N+. The van der Waals surface area contributed by atoms with Crippen molar-refractivity contribution in [3.8, 4) is 0 Å². The Morgan fingerprint density at radius 3 is 2.40 bits per heavy atom. The molecule has 0 aliphatic heterocycles. The van der Waals surface area contributed by atoms with E-state index in [0.29, 0.717) is 10.8 Å². The van der Waals surface area contributed by atoms with E-state index in [1.54, 1.807) is 19.3 Å². The minimum atomic E-state index is 0.596. The van der Waals surface area contributed by atoms with Crippen LogP contribution < -0.4 is 5.73 Å². The molecule has 4 aliphatic rings. The van der Waals surface area contributed by atoms with Crippen LogP contribution in [0.3, 0.4) is 0 Å². The van der Waals surface area contributed by atoms with Gasteiger partial charge >= 0.3 is 0 Å². The number of quaternary nitrogens is 1. The van der Waals surface area contributed by atoms with E-state index in [1.165, 1.54) is 44.9 Å². The highest BCUT2D eigenvalue weighted by atomic mass is 14.8. The van der Waals surface area contributed by atoms with Crippen molar-refractivity contribution < 1.29 is 5.73 Å². The monoisotopic (exact) mass is 276 g/mol. The summed E-state index contributed by atoms with van der Waals surface area (Å²) in [6.45, 7) is 5.28. The molecule has 0 unspecified atom stereocenters. The Bertz CT molecular complexity index is 391. The fourth-order valence-electron chi connectivity index (χ4n) is 7.40. The summed E-state index contributed by atoms with van der Waals surface area (Å²) in [5, 5.41) is 0. The Morgan fingerprint density at radius 2 is 1.55 bits per heavy atom. The van der Waals surface area contributed by atoms with Gasteiger partial charge in [0.15, 0.2) is 0 Å². The maximum Gasteiger partial charge on any atom is 0.0900 e. The zero-order chi connectivity index (χ0) is 14.0. The van der Waals surface area contributed by atoms with Gasteiger partial charge in [-0.2, -0.15) is 0 Å². The number of hydrogen-bond acceptors (Lipinski definition) is 0. The van der Waals surface area contributed by atoms with Crippen LogP contribution in [0.15, 0.2) is 0 Å². The fourth-order valence-corrected chi connectivity index (χ4v) is 7.40. The Balaban J connectivity index is 1.64. The molecule has 1 heteroatoms. The molecule has 3 N–H and O–H groups in total. The van der Waals surface area contributed by atoms with Crippen LogP contribution in [0.5, 0.6) is 0 Å². The zero-order valence-electron chi connectivity index (χ0n) is 13.7. The van der Waals surface area contributed by atoms with Crippen LogP contribution >= 0.6 is 0 Å². The van der Waals surface area contributed by atoms with Crippen LogP contribution in [0.1, 0.15) is 78.1 Å². The van der Waals surface area contributed by atoms with E-state index in [4.69, 9.17) is 0 Å². The smallest absolute Gasteiger partial charge is 0.0900 e. The van der Waals surface area contributed by atoms with Crippen LogP contribution in [0.25, 0.3) is 0 Å². The first-order valence-electron chi connectivity index (χ1n) is 9.39. The largest absolute Gasteiger partial charge is 0.355 e. The molecular weight excluding hydrogens is 242 g/mol. The topological polar surface area (TPSA) is 27.6 Å². The quantitative estimate of drug-likeness (QED) is 0.692. The molecule has 4 aliphatic carbocycles. The van der Waals surface area contributed by atoms with Crippen LogP contribution in [0.4, 0.5) is 0 Å². The minimum Gasteiger partial charge on any atom is -0.355 e. The van der Waals surface area contributed by atoms with Crippen LogP contribution in [0, 0.1) is 34.5 Å². The lowest BCUT2D eigenvalue weighted by molar-refractivity contribution is -0.445. The summed E-state index contributed by atoms with van der Waals surface area (Å²) in [5.41, 5.74) is 5.84. The summed E-state index contributed by atoms with van der Waals surface area (Å²) in [4.78, 5) is 0. The van der Waals surface area contributed by atoms with Gasteiger partial charge in [0, 0.05) is 11.8 Å². The third kappa shape index (κ3) is 1.65. The van der Waals surface area contributed by atoms with E-state index in [9.17, 15) is 0 Å². The molecule has 0 heterocycles. The lowest BCUT2D eigenvalue weighted by atomic mass is 9.45. The Kier molecular flexibility index (Phi) is 3.05. The predicted molar refractivity (Wildman–Crippen MR) is 83.0 cm³/mol. The highest BCUT2D eigenvalue weighted by Crippen LogP contribution is 2.65. The number of hydrogen-bond donors (Lipinski definition) is 1.